The second-order valence-corrected chi connectivity index (χ2v) is 6.94. The lowest BCUT2D eigenvalue weighted by Gasteiger charge is -2.14. The molecule has 0 radical (unpaired) electrons. The van der Waals surface area contributed by atoms with Crippen molar-refractivity contribution in [1.82, 2.24) is 10.2 Å². The zero-order valence-electron chi connectivity index (χ0n) is 15.6. The van der Waals surface area contributed by atoms with E-state index in [1.54, 1.807) is 7.11 Å². The molecule has 0 fully saturated rings. The van der Waals surface area contributed by atoms with Gasteiger partial charge in [0.2, 0.25) is 0 Å². The molecule has 0 saturated carbocycles. The Bertz CT molecular complexity index is 624. The van der Waals surface area contributed by atoms with Crippen LogP contribution in [0, 0.1) is 0 Å². The fourth-order valence-electron chi connectivity index (χ4n) is 2.97. The molecule has 132 valence electrons. The van der Waals surface area contributed by atoms with Gasteiger partial charge in [0.15, 0.2) is 0 Å². The molecular weight excluding hydrogens is 296 g/mol. The average molecular weight is 328 g/mol. The summed E-state index contributed by atoms with van der Waals surface area (Å²) in [6.07, 6.45) is 3.85. The summed E-state index contributed by atoms with van der Waals surface area (Å²) in [7, 11) is 5.99. The first-order valence-corrected chi connectivity index (χ1v) is 9.03. The van der Waals surface area contributed by atoms with Gasteiger partial charge in [-0.25, -0.2) is 0 Å². The normalized spacial score (nSPS) is 12.7. The summed E-state index contributed by atoms with van der Waals surface area (Å²) in [5.74, 6) is 1.44. The number of fused-ring (bicyclic) bond motifs is 1. The van der Waals surface area contributed by atoms with Crippen molar-refractivity contribution in [3.63, 3.8) is 0 Å². The lowest BCUT2D eigenvalue weighted by atomic mass is 9.97. The average Bonchev–Trinajstić information content (AvgIpc) is 2.59. The first-order chi connectivity index (χ1) is 11.6. The van der Waals surface area contributed by atoms with Crippen LogP contribution in [0.25, 0.3) is 10.8 Å². The van der Waals surface area contributed by atoms with Crippen molar-refractivity contribution in [2.24, 2.45) is 0 Å². The van der Waals surface area contributed by atoms with Crippen molar-refractivity contribution in [3.05, 3.63) is 42.0 Å². The number of nitrogens with zero attached hydrogens (tertiary/aromatic N) is 1. The van der Waals surface area contributed by atoms with Gasteiger partial charge >= 0.3 is 0 Å². The van der Waals surface area contributed by atoms with Gasteiger partial charge in [-0.2, -0.15) is 0 Å². The van der Waals surface area contributed by atoms with Crippen molar-refractivity contribution in [2.75, 3.05) is 40.8 Å². The highest BCUT2D eigenvalue weighted by Crippen LogP contribution is 2.24. The van der Waals surface area contributed by atoms with Crippen LogP contribution in [-0.4, -0.2) is 45.7 Å². The molecule has 0 amide bonds. The van der Waals surface area contributed by atoms with E-state index < -0.39 is 0 Å². The number of rotatable bonds is 10. The molecule has 0 spiro atoms. The number of unbranched alkanes of at least 4 members (excludes halogenated alkanes) is 2. The van der Waals surface area contributed by atoms with Crippen LogP contribution in [0.3, 0.4) is 0 Å². The molecule has 0 heterocycles. The summed E-state index contributed by atoms with van der Waals surface area (Å²) in [4.78, 5) is 2.25. The predicted octanol–water partition coefficient (Wildman–Crippen LogP) is 4.27. The van der Waals surface area contributed by atoms with Crippen molar-refractivity contribution < 1.29 is 4.74 Å². The molecule has 3 heteroatoms. The Labute approximate surface area is 147 Å². The second kappa shape index (κ2) is 9.65. The topological polar surface area (TPSA) is 24.5 Å². The molecule has 1 N–H and O–H groups in total. The third-order valence-corrected chi connectivity index (χ3v) is 4.55. The zero-order chi connectivity index (χ0) is 17.4. The highest BCUT2D eigenvalue weighted by molar-refractivity contribution is 5.84. The van der Waals surface area contributed by atoms with Gasteiger partial charge < -0.3 is 15.0 Å². The Hall–Kier alpha value is -1.58. The van der Waals surface area contributed by atoms with Gasteiger partial charge in [0.25, 0.3) is 0 Å². The largest absolute Gasteiger partial charge is 0.497 e. The van der Waals surface area contributed by atoms with Crippen molar-refractivity contribution in [1.29, 1.82) is 0 Å². The highest BCUT2D eigenvalue weighted by Gasteiger charge is 2.06. The summed E-state index contributed by atoms with van der Waals surface area (Å²) in [5.41, 5.74) is 1.40. The molecule has 0 bridgehead atoms. The molecule has 0 aliphatic rings. The third kappa shape index (κ3) is 5.81. The Morgan fingerprint density at radius 1 is 1.00 bits per heavy atom. The monoisotopic (exact) mass is 328 g/mol. The molecule has 2 rings (SSSR count). The third-order valence-electron chi connectivity index (χ3n) is 4.55. The molecule has 3 nitrogen and oxygen atoms in total. The van der Waals surface area contributed by atoms with Crippen LogP contribution in [0.2, 0.25) is 0 Å². The highest BCUT2D eigenvalue weighted by atomic mass is 16.5. The van der Waals surface area contributed by atoms with Crippen LogP contribution in [0.5, 0.6) is 5.75 Å². The summed E-state index contributed by atoms with van der Waals surface area (Å²) < 4.78 is 5.29. The maximum absolute atomic E-state index is 5.29. The Balaban J connectivity index is 1.78. The SMILES string of the molecule is COc1ccc2cc(C(C)CNCCCCCN(C)C)ccc2c1. The fraction of sp³-hybridized carbons (Fsp3) is 0.524. The maximum Gasteiger partial charge on any atom is 0.119 e. The minimum absolute atomic E-state index is 0.526. The van der Waals surface area contributed by atoms with Crippen LogP contribution < -0.4 is 10.1 Å². The first kappa shape index (κ1) is 18.8. The molecule has 2 aromatic rings. The number of benzene rings is 2. The smallest absolute Gasteiger partial charge is 0.119 e. The van der Waals surface area contributed by atoms with Gasteiger partial charge in [-0.05, 0) is 74.4 Å². The summed E-state index contributed by atoms with van der Waals surface area (Å²) in [6, 6.07) is 13.0. The summed E-state index contributed by atoms with van der Waals surface area (Å²) >= 11 is 0. The van der Waals surface area contributed by atoms with E-state index in [1.807, 2.05) is 6.07 Å². The molecule has 2 aromatic carbocycles. The van der Waals surface area contributed by atoms with Crippen molar-refractivity contribution in [2.45, 2.75) is 32.1 Å². The minimum Gasteiger partial charge on any atom is -0.497 e. The van der Waals surface area contributed by atoms with Gasteiger partial charge in [-0.1, -0.05) is 37.6 Å². The van der Waals surface area contributed by atoms with Gasteiger partial charge in [0, 0.05) is 6.54 Å². The zero-order valence-corrected chi connectivity index (χ0v) is 15.6. The molecule has 0 aliphatic carbocycles. The van der Waals surface area contributed by atoms with Crippen LogP contribution in [0.4, 0.5) is 0 Å². The van der Waals surface area contributed by atoms with E-state index in [4.69, 9.17) is 4.74 Å². The quantitative estimate of drug-likeness (QED) is 0.659. The molecule has 1 unspecified atom stereocenters. The first-order valence-electron chi connectivity index (χ1n) is 9.03. The number of hydrogen-bond donors (Lipinski definition) is 1. The number of hydrogen-bond acceptors (Lipinski definition) is 3. The van der Waals surface area contributed by atoms with Crippen molar-refractivity contribution in [3.8, 4) is 5.75 Å². The van der Waals surface area contributed by atoms with Gasteiger partial charge in [-0.15, -0.1) is 0 Å². The summed E-state index contributed by atoms with van der Waals surface area (Å²) in [5, 5.41) is 6.12. The van der Waals surface area contributed by atoms with E-state index in [2.05, 4.69) is 61.6 Å². The molecule has 1 atom stereocenters. The molecular formula is C21H32N2O. The lowest BCUT2D eigenvalue weighted by Crippen LogP contribution is -2.21. The standard InChI is InChI=1S/C21H32N2O/c1-17(16-22-12-6-5-7-13-23(2)3)18-8-9-20-15-21(24-4)11-10-19(20)14-18/h8-11,14-15,17,22H,5-7,12-13,16H2,1-4H3. The predicted molar refractivity (Wildman–Crippen MR) is 104 cm³/mol. The molecule has 24 heavy (non-hydrogen) atoms. The summed E-state index contributed by atoms with van der Waals surface area (Å²) in [6.45, 7) is 5.64. The number of ether oxygens (including phenoxy) is 1. The van der Waals surface area contributed by atoms with Gasteiger partial charge in [-0.3, -0.25) is 0 Å². The Kier molecular flexibility index (Phi) is 7.54. The van der Waals surface area contributed by atoms with E-state index in [1.165, 1.54) is 42.1 Å². The van der Waals surface area contributed by atoms with E-state index in [-0.39, 0.29) is 0 Å². The van der Waals surface area contributed by atoms with Crippen LogP contribution >= 0.6 is 0 Å². The van der Waals surface area contributed by atoms with Gasteiger partial charge in [0.05, 0.1) is 7.11 Å². The van der Waals surface area contributed by atoms with E-state index in [9.17, 15) is 0 Å². The molecule has 0 saturated heterocycles. The maximum atomic E-state index is 5.29. The van der Waals surface area contributed by atoms with E-state index >= 15 is 0 Å². The van der Waals surface area contributed by atoms with Crippen LogP contribution in [-0.2, 0) is 0 Å². The fourth-order valence-corrected chi connectivity index (χ4v) is 2.97. The van der Waals surface area contributed by atoms with E-state index in [0.29, 0.717) is 5.92 Å². The Morgan fingerprint density at radius 2 is 1.75 bits per heavy atom. The number of methoxy groups -OCH3 is 1. The van der Waals surface area contributed by atoms with Crippen LogP contribution in [0.15, 0.2) is 36.4 Å². The van der Waals surface area contributed by atoms with Crippen LogP contribution in [0.1, 0.15) is 37.7 Å². The minimum atomic E-state index is 0.526. The van der Waals surface area contributed by atoms with E-state index in [0.717, 1.165) is 18.8 Å². The molecule has 0 aliphatic heterocycles. The molecule has 0 aromatic heterocycles. The Morgan fingerprint density at radius 3 is 2.50 bits per heavy atom. The lowest BCUT2D eigenvalue weighted by molar-refractivity contribution is 0.390. The van der Waals surface area contributed by atoms with Crippen molar-refractivity contribution >= 4 is 10.8 Å². The second-order valence-electron chi connectivity index (χ2n) is 6.94. The number of nitrogens with one attached hydrogen (secondary N) is 1. The van der Waals surface area contributed by atoms with Gasteiger partial charge in [0.1, 0.15) is 5.75 Å².